The van der Waals surface area contributed by atoms with Gasteiger partial charge in [-0.05, 0) is 37.0 Å². The zero-order valence-corrected chi connectivity index (χ0v) is 12.1. The summed E-state index contributed by atoms with van der Waals surface area (Å²) < 4.78 is 38.9. The summed E-state index contributed by atoms with van der Waals surface area (Å²) in [5.41, 5.74) is -0.582. The minimum Gasteiger partial charge on any atom is -0.372 e. The van der Waals surface area contributed by atoms with Crippen molar-refractivity contribution in [3.05, 3.63) is 29.3 Å². The van der Waals surface area contributed by atoms with Gasteiger partial charge in [0, 0.05) is 18.8 Å². The second kappa shape index (κ2) is 6.38. The third kappa shape index (κ3) is 3.69. The van der Waals surface area contributed by atoms with Crippen molar-refractivity contribution in [2.45, 2.75) is 38.8 Å². The Morgan fingerprint density at radius 1 is 1.29 bits per heavy atom. The predicted octanol–water partition coefficient (Wildman–Crippen LogP) is 4.59. The first-order chi connectivity index (χ1) is 9.95. The van der Waals surface area contributed by atoms with Gasteiger partial charge in [0.05, 0.1) is 17.2 Å². The standard InChI is InChI=1S/C16H19F3N2/c1-2-3-12-6-8-21(9-7-12)14-5-4-13(11-20)15(10-14)16(17,18)19/h4-5,10,12H,2-3,6-9H2,1H3. The predicted molar refractivity (Wildman–Crippen MR) is 76.0 cm³/mol. The lowest BCUT2D eigenvalue weighted by Gasteiger charge is -2.34. The number of benzene rings is 1. The summed E-state index contributed by atoms with van der Waals surface area (Å²) in [6, 6.07) is 5.62. The van der Waals surface area contributed by atoms with E-state index < -0.39 is 11.7 Å². The first-order valence-electron chi connectivity index (χ1n) is 7.32. The summed E-state index contributed by atoms with van der Waals surface area (Å²) in [6.07, 6.45) is -0.0965. The molecule has 114 valence electrons. The molecular weight excluding hydrogens is 277 g/mol. The van der Waals surface area contributed by atoms with Crippen LogP contribution < -0.4 is 4.90 Å². The molecule has 0 N–H and O–H groups in total. The van der Waals surface area contributed by atoms with Crippen LogP contribution in [0.25, 0.3) is 0 Å². The average molecular weight is 296 g/mol. The Labute approximate surface area is 123 Å². The number of anilines is 1. The lowest BCUT2D eigenvalue weighted by molar-refractivity contribution is -0.137. The van der Waals surface area contributed by atoms with Crippen LogP contribution in [0.15, 0.2) is 18.2 Å². The highest BCUT2D eigenvalue weighted by atomic mass is 19.4. The van der Waals surface area contributed by atoms with Gasteiger partial charge in [0.1, 0.15) is 0 Å². The summed E-state index contributed by atoms with van der Waals surface area (Å²) >= 11 is 0. The fourth-order valence-electron chi connectivity index (χ4n) is 2.95. The van der Waals surface area contributed by atoms with Crippen LogP contribution in [0.4, 0.5) is 18.9 Å². The van der Waals surface area contributed by atoms with Crippen LogP contribution in [0.2, 0.25) is 0 Å². The van der Waals surface area contributed by atoms with Gasteiger partial charge in [-0.3, -0.25) is 0 Å². The number of halogens is 3. The number of rotatable bonds is 3. The highest BCUT2D eigenvalue weighted by molar-refractivity contribution is 5.55. The Bertz CT molecular complexity index is 523. The van der Waals surface area contributed by atoms with Gasteiger partial charge in [-0.25, -0.2) is 0 Å². The van der Waals surface area contributed by atoms with Crippen molar-refractivity contribution in [2.75, 3.05) is 18.0 Å². The van der Waals surface area contributed by atoms with E-state index in [2.05, 4.69) is 6.92 Å². The van der Waals surface area contributed by atoms with Crippen LogP contribution in [0.5, 0.6) is 0 Å². The van der Waals surface area contributed by atoms with Crippen molar-refractivity contribution in [2.24, 2.45) is 5.92 Å². The van der Waals surface area contributed by atoms with Gasteiger partial charge in [-0.15, -0.1) is 0 Å². The van der Waals surface area contributed by atoms with Crippen LogP contribution in [0.1, 0.15) is 43.7 Å². The molecule has 0 bridgehead atoms. The van der Waals surface area contributed by atoms with Gasteiger partial charge in [-0.1, -0.05) is 19.8 Å². The van der Waals surface area contributed by atoms with E-state index in [-0.39, 0.29) is 5.56 Å². The number of nitrogens with zero attached hydrogens (tertiary/aromatic N) is 2. The van der Waals surface area contributed by atoms with Gasteiger partial charge in [-0.2, -0.15) is 18.4 Å². The van der Waals surface area contributed by atoms with E-state index in [0.717, 1.165) is 38.4 Å². The summed E-state index contributed by atoms with van der Waals surface area (Å²) in [7, 11) is 0. The van der Waals surface area contributed by atoms with E-state index >= 15 is 0 Å². The maximum Gasteiger partial charge on any atom is 0.417 e. The Kier molecular flexibility index (Phi) is 4.76. The topological polar surface area (TPSA) is 27.0 Å². The minimum atomic E-state index is -4.48. The molecule has 5 heteroatoms. The molecule has 21 heavy (non-hydrogen) atoms. The third-order valence-electron chi connectivity index (χ3n) is 4.11. The summed E-state index contributed by atoms with van der Waals surface area (Å²) in [4.78, 5) is 1.99. The molecule has 1 fully saturated rings. The molecule has 1 aromatic carbocycles. The molecule has 0 aliphatic carbocycles. The van der Waals surface area contributed by atoms with Crippen LogP contribution in [-0.4, -0.2) is 13.1 Å². The third-order valence-corrected chi connectivity index (χ3v) is 4.11. The second-order valence-corrected chi connectivity index (χ2v) is 5.56. The quantitative estimate of drug-likeness (QED) is 0.815. The molecule has 1 aromatic rings. The zero-order valence-electron chi connectivity index (χ0n) is 12.1. The Balaban J connectivity index is 2.17. The molecule has 0 spiro atoms. The molecule has 0 unspecified atom stereocenters. The summed E-state index contributed by atoms with van der Waals surface area (Å²) in [5.74, 6) is 0.687. The fourth-order valence-corrected chi connectivity index (χ4v) is 2.95. The van der Waals surface area contributed by atoms with Gasteiger partial charge in [0.15, 0.2) is 0 Å². The average Bonchev–Trinajstić information content (AvgIpc) is 2.47. The van der Waals surface area contributed by atoms with Crippen molar-refractivity contribution < 1.29 is 13.2 Å². The highest BCUT2D eigenvalue weighted by Crippen LogP contribution is 2.35. The monoisotopic (exact) mass is 296 g/mol. The number of hydrogen-bond donors (Lipinski definition) is 0. The van der Waals surface area contributed by atoms with E-state index in [1.54, 1.807) is 12.1 Å². The number of hydrogen-bond acceptors (Lipinski definition) is 2. The molecule has 1 heterocycles. The van der Waals surface area contributed by atoms with Crippen LogP contribution >= 0.6 is 0 Å². The normalized spacial score (nSPS) is 16.8. The molecule has 0 atom stereocenters. The molecule has 1 aliphatic heterocycles. The molecule has 2 nitrogen and oxygen atoms in total. The zero-order chi connectivity index (χ0) is 15.5. The van der Waals surface area contributed by atoms with E-state index in [9.17, 15) is 13.2 Å². The molecular formula is C16H19F3N2. The fraction of sp³-hybridized carbons (Fsp3) is 0.562. The molecule has 0 aromatic heterocycles. The lowest BCUT2D eigenvalue weighted by atomic mass is 9.92. The maximum atomic E-state index is 13.0. The molecule has 1 aliphatic rings. The Hall–Kier alpha value is -1.70. The van der Waals surface area contributed by atoms with Crippen molar-refractivity contribution in [1.82, 2.24) is 0 Å². The first kappa shape index (κ1) is 15.7. The molecule has 1 saturated heterocycles. The number of nitriles is 1. The van der Waals surface area contributed by atoms with Crippen molar-refractivity contribution >= 4 is 5.69 Å². The van der Waals surface area contributed by atoms with Gasteiger partial charge < -0.3 is 4.90 Å². The van der Waals surface area contributed by atoms with Crippen molar-refractivity contribution in [3.8, 4) is 6.07 Å². The Morgan fingerprint density at radius 3 is 2.48 bits per heavy atom. The SMILES string of the molecule is CCCC1CCN(c2ccc(C#N)c(C(F)(F)F)c2)CC1. The van der Waals surface area contributed by atoms with Crippen molar-refractivity contribution in [1.29, 1.82) is 5.26 Å². The number of alkyl halides is 3. The minimum absolute atomic E-state index is 0.313. The van der Waals surface area contributed by atoms with E-state index in [0.29, 0.717) is 11.6 Å². The van der Waals surface area contributed by atoms with Crippen molar-refractivity contribution in [3.63, 3.8) is 0 Å². The second-order valence-electron chi connectivity index (χ2n) is 5.56. The lowest BCUT2D eigenvalue weighted by Crippen LogP contribution is -2.33. The Morgan fingerprint density at radius 2 is 1.95 bits per heavy atom. The smallest absolute Gasteiger partial charge is 0.372 e. The first-order valence-corrected chi connectivity index (χ1v) is 7.32. The van der Waals surface area contributed by atoms with Crippen LogP contribution in [0.3, 0.4) is 0 Å². The molecule has 0 amide bonds. The van der Waals surface area contributed by atoms with E-state index in [4.69, 9.17) is 5.26 Å². The van der Waals surface area contributed by atoms with Gasteiger partial charge >= 0.3 is 6.18 Å². The summed E-state index contributed by atoms with van der Waals surface area (Å²) in [6.45, 7) is 3.73. The number of piperidine rings is 1. The molecule has 0 radical (unpaired) electrons. The van der Waals surface area contributed by atoms with E-state index in [1.807, 2.05) is 4.90 Å². The molecule has 0 saturated carbocycles. The summed E-state index contributed by atoms with van der Waals surface area (Å²) in [5, 5.41) is 8.81. The van der Waals surface area contributed by atoms with Crippen LogP contribution in [-0.2, 0) is 6.18 Å². The van der Waals surface area contributed by atoms with Gasteiger partial charge in [0.25, 0.3) is 0 Å². The molecule has 2 rings (SSSR count). The highest BCUT2D eigenvalue weighted by Gasteiger charge is 2.34. The maximum absolute atomic E-state index is 13.0. The van der Waals surface area contributed by atoms with E-state index in [1.165, 1.54) is 12.5 Å². The van der Waals surface area contributed by atoms with Crippen LogP contribution in [0, 0.1) is 17.2 Å². The largest absolute Gasteiger partial charge is 0.417 e. The van der Waals surface area contributed by atoms with Gasteiger partial charge in [0.2, 0.25) is 0 Å².